The second-order valence-corrected chi connectivity index (χ2v) is 5.69. The molecule has 0 bridgehead atoms. The number of rotatable bonds is 5. The van der Waals surface area contributed by atoms with Crippen molar-refractivity contribution >= 4 is 5.69 Å². The van der Waals surface area contributed by atoms with E-state index >= 15 is 0 Å². The molecular weight excluding hydrogens is 268 g/mol. The van der Waals surface area contributed by atoms with Crippen LogP contribution < -0.4 is 10.1 Å². The third-order valence-corrected chi connectivity index (χ3v) is 4.14. The number of nitrogens with zero attached hydrogens (tertiary/aromatic N) is 1. The van der Waals surface area contributed by atoms with Crippen molar-refractivity contribution in [3.05, 3.63) is 33.9 Å². The van der Waals surface area contributed by atoms with Crippen molar-refractivity contribution in [2.45, 2.75) is 57.5 Å². The Morgan fingerprint density at radius 3 is 2.52 bits per heavy atom. The second-order valence-electron chi connectivity index (χ2n) is 5.69. The van der Waals surface area contributed by atoms with Crippen LogP contribution >= 0.6 is 0 Å². The lowest BCUT2D eigenvalue weighted by molar-refractivity contribution is -0.385. The zero-order valence-electron chi connectivity index (χ0n) is 12.6. The summed E-state index contributed by atoms with van der Waals surface area (Å²) in [6.45, 7) is 0.676. The van der Waals surface area contributed by atoms with Crippen molar-refractivity contribution < 1.29 is 9.66 Å². The van der Waals surface area contributed by atoms with Crippen molar-refractivity contribution in [3.8, 4) is 5.75 Å². The maximum atomic E-state index is 11.0. The predicted molar refractivity (Wildman–Crippen MR) is 82.6 cm³/mol. The monoisotopic (exact) mass is 292 g/mol. The number of nitrogens with one attached hydrogen (secondary N) is 1. The Bertz CT molecular complexity index is 469. The van der Waals surface area contributed by atoms with Gasteiger partial charge in [-0.3, -0.25) is 10.1 Å². The van der Waals surface area contributed by atoms with Gasteiger partial charge in [0, 0.05) is 18.7 Å². The molecule has 5 nitrogen and oxygen atoms in total. The smallest absolute Gasteiger partial charge is 0.311 e. The van der Waals surface area contributed by atoms with E-state index in [1.54, 1.807) is 12.1 Å². The molecule has 1 N–H and O–H groups in total. The van der Waals surface area contributed by atoms with Crippen LogP contribution in [0.3, 0.4) is 0 Å². The molecule has 0 aliphatic heterocycles. The lowest BCUT2D eigenvalue weighted by atomic mass is 9.96. The molecule has 0 saturated heterocycles. The average Bonchev–Trinajstić information content (AvgIpc) is 2.45. The first-order valence-electron chi connectivity index (χ1n) is 7.75. The molecule has 1 aromatic carbocycles. The highest BCUT2D eigenvalue weighted by Gasteiger charge is 2.16. The molecule has 0 amide bonds. The zero-order valence-corrected chi connectivity index (χ0v) is 12.6. The zero-order chi connectivity index (χ0) is 15.1. The average molecular weight is 292 g/mol. The van der Waals surface area contributed by atoms with Crippen LogP contribution in [0.4, 0.5) is 5.69 Å². The normalized spacial score (nSPS) is 17.0. The first-order valence-corrected chi connectivity index (χ1v) is 7.75. The molecule has 0 heterocycles. The van der Waals surface area contributed by atoms with Gasteiger partial charge in [0.15, 0.2) is 5.75 Å². The fourth-order valence-electron chi connectivity index (χ4n) is 2.91. The molecule has 0 spiro atoms. The van der Waals surface area contributed by atoms with Crippen LogP contribution in [0.2, 0.25) is 0 Å². The molecule has 0 unspecified atom stereocenters. The van der Waals surface area contributed by atoms with Gasteiger partial charge in [-0.15, -0.1) is 0 Å². The van der Waals surface area contributed by atoms with E-state index in [2.05, 4.69) is 5.32 Å². The molecule has 1 saturated carbocycles. The number of nitro groups is 1. The Kier molecular flexibility index (Phi) is 5.99. The second kappa shape index (κ2) is 7.98. The number of nitro benzene ring substituents is 1. The maximum absolute atomic E-state index is 11.0. The molecule has 2 rings (SSSR count). The molecule has 0 aromatic heterocycles. The van der Waals surface area contributed by atoms with Gasteiger partial charge in [0.25, 0.3) is 0 Å². The van der Waals surface area contributed by atoms with Crippen LogP contribution in [0, 0.1) is 10.1 Å². The van der Waals surface area contributed by atoms with Crippen LogP contribution in [0.1, 0.15) is 50.5 Å². The summed E-state index contributed by atoms with van der Waals surface area (Å²) in [7, 11) is 1.45. The van der Waals surface area contributed by atoms with Gasteiger partial charge in [-0.05, 0) is 24.5 Å². The number of benzene rings is 1. The summed E-state index contributed by atoms with van der Waals surface area (Å²) < 4.78 is 5.02. The van der Waals surface area contributed by atoms with Crippen molar-refractivity contribution in [1.82, 2.24) is 5.32 Å². The minimum atomic E-state index is -0.391. The summed E-state index contributed by atoms with van der Waals surface area (Å²) in [5, 5.41) is 14.6. The predicted octanol–water partition coefficient (Wildman–Crippen LogP) is 3.81. The van der Waals surface area contributed by atoms with Gasteiger partial charge >= 0.3 is 5.69 Å². The van der Waals surface area contributed by atoms with E-state index in [1.807, 2.05) is 6.07 Å². The van der Waals surface area contributed by atoms with Gasteiger partial charge < -0.3 is 10.1 Å². The van der Waals surface area contributed by atoms with Gasteiger partial charge in [0.2, 0.25) is 0 Å². The van der Waals surface area contributed by atoms with Crippen LogP contribution in [-0.4, -0.2) is 18.1 Å². The van der Waals surface area contributed by atoms with Gasteiger partial charge in [0.05, 0.1) is 12.0 Å². The quantitative estimate of drug-likeness (QED) is 0.662. The SMILES string of the molecule is COc1ccc(CNC2CCCCCCC2)cc1[N+](=O)[O-]. The minimum absolute atomic E-state index is 0.0365. The van der Waals surface area contributed by atoms with Gasteiger partial charge in [-0.1, -0.05) is 38.2 Å². The Hall–Kier alpha value is -1.62. The Balaban J connectivity index is 1.95. The Morgan fingerprint density at radius 1 is 1.24 bits per heavy atom. The number of hydrogen-bond donors (Lipinski definition) is 1. The molecule has 1 aromatic rings. The fraction of sp³-hybridized carbons (Fsp3) is 0.625. The number of ether oxygens (including phenoxy) is 1. The van der Waals surface area contributed by atoms with E-state index < -0.39 is 4.92 Å². The summed E-state index contributed by atoms with van der Waals surface area (Å²) in [6.07, 6.45) is 8.98. The molecule has 1 aliphatic carbocycles. The van der Waals surface area contributed by atoms with Crippen molar-refractivity contribution in [1.29, 1.82) is 0 Å². The molecule has 21 heavy (non-hydrogen) atoms. The summed E-state index contributed by atoms with van der Waals surface area (Å²) in [6, 6.07) is 5.70. The van der Waals surface area contributed by atoms with Crippen LogP contribution in [0.25, 0.3) is 0 Å². The molecule has 1 aliphatic rings. The molecule has 0 radical (unpaired) electrons. The van der Waals surface area contributed by atoms with Gasteiger partial charge in [-0.2, -0.15) is 0 Å². The van der Waals surface area contributed by atoms with E-state index in [0.717, 1.165) is 5.56 Å². The van der Waals surface area contributed by atoms with Crippen LogP contribution in [0.15, 0.2) is 18.2 Å². The third-order valence-electron chi connectivity index (χ3n) is 4.14. The highest BCUT2D eigenvalue weighted by Crippen LogP contribution is 2.27. The Morgan fingerprint density at radius 2 is 1.90 bits per heavy atom. The lowest BCUT2D eigenvalue weighted by Crippen LogP contribution is -2.29. The van der Waals surface area contributed by atoms with E-state index in [9.17, 15) is 10.1 Å². The van der Waals surface area contributed by atoms with Crippen molar-refractivity contribution in [3.63, 3.8) is 0 Å². The van der Waals surface area contributed by atoms with E-state index in [0.29, 0.717) is 18.3 Å². The highest BCUT2D eigenvalue weighted by atomic mass is 16.6. The van der Waals surface area contributed by atoms with Crippen LogP contribution in [0.5, 0.6) is 5.75 Å². The Labute approximate surface area is 125 Å². The summed E-state index contributed by atoms with van der Waals surface area (Å²) in [5.41, 5.74) is 0.971. The topological polar surface area (TPSA) is 64.4 Å². The van der Waals surface area contributed by atoms with Crippen molar-refractivity contribution in [2.24, 2.45) is 0 Å². The number of hydrogen-bond acceptors (Lipinski definition) is 4. The summed E-state index contributed by atoms with van der Waals surface area (Å²) >= 11 is 0. The summed E-state index contributed by atoms with van der Waals surface area (Å²) in [4.78, 5) is 10.6. The minimum Gasteiger partial charge on any atom is -0.490 e. The standard InChI is InChI=1S/C16H24N2O3/c1-21-16-10-9-13(11-15(16)18(19)20)12-17-14-7-5-3-2-4-6-8-14/h9-11,14,17H,2-8,12H2,1H3. The first-order chi connectivity index (χ1) is 10.2. The third kappa shape index (κ3) is 4.70. The fourth-order valence-corrected chi connectivity index (χ4v) is 2.91. The summed E-state index contributed by atoms with van der Waals surface area (Å²) in [5.74, 6) is 0.315. The molecule has 0 atom stereocenters. The molecular formula is C16H24N2O3. The first kappa shape index (κ1) is 15.8. The lowest BCUT2D eigenvalue weighted by Gasteiger charge is -2.21. The van der Waals surface area contributed by atoms with Gasteiger partial charge in [-0.25, -0.2) is 0 Å². The maximum Gasteiger partial charge on any atom is 0.311 e. The van der Waals surface area contributed by atoms with E-state index in [1.165, 1.54) is 52.1 Å². The van der Waals surface area contributed by atoms with Crippen molar-refractivity contribution in [2.75, 3.05) is 7.11 Å². The molecule has 5 heteroatoms. The van der Waals surface area contributed by atoms with Gasteiger partial charge in [0.1, 0.15) is 0 Å². The van der Waals surface area contributed by atoms with E-state index in [-0.39, 0.29) is 5.69 Å². The molecule has 1 fully saturated rings. The highest BCUT2D eigenvalue weighted by molar-refractivity contribution is 5.48. The molecule has 116 valence electrons. The van der Waals surface area contributed by atoms with E-state index in [4.69, 9.17) is 4.74 Å². The largest absolute Gasteiger partial charge is 0.490 e. The number of methoxy groups -OCH3 is 1. The van der Waals surface area contributed by atoms with Crippen LogP contribution in [-0.2, 0) is 6.54 Å².